The van der Waals surface area contributed by atoms with Crippen LogP contribution in [0.15, 0.2) is 0 Å². The molecule has 0 spiro atoms. The van der Waals surface area contributed by atoms with Gasteiger partial charge in [0.1, 0.15) is 5.41 Å². The van der Waals surface area contributed by atoms with Crippen molar-refractivity contribution >= 4 is 5.91 Å². The van der Waals surface area contributed by atoms with E-state index in [9.17, 15) is 18.0 Å². The minimum absolute atomic E-state index is 0.0807. The summed E-state index contributed by atoms with van der Waals surface area (Å²) >= 11 is 0. The number of carbonyl (C=O) groups is 1. The maximum absolute atomic E-state index is 12.6. The van der Waals surface area contributed by atoms with Crippen LogP contribution in [0, 0.1) is 5.41 Å². The SMILES string of the molecule is CC(C)(C(=O)NC1CCCCC1)C(F)(F)F. The van der Waals surface area contributed by atoms with E-state index >= 15 is 0 Å². The number of hydrogen-bond donors (Lipinski definition) is 1. The largest absolute Gasteiger partial charge is 0.402 e. The minimum atomic E-state index is -4.49. The summed E-state index contributed by atoms with van der Waals surface area (Å²) in [7, 11) is 0. The topological polar surface area (TPSA) is 29.1 Å². The van der Waals surface area contributed by atoms with Crippen molar-refractivity contribution in [1.82, 2.24) is 5.32 Å². The van der Waals surface area contributed by atoms with Crippen LogP contribution < -0.4 is 5.32 Å². The van der Waals surface area contributed by atoms with E-state index in [2.05, 4.69) is 5.32 Å². The standard InChI is InChI=1S/C11H18F3NO/c1-10(2,11(12,13)14)9(16)15-8-6-4-3-5-7-8/h8H,3-7H2,1-2H3,(H,15,16). The number of carbonyl (C=O) groups excluding carboxylic acids is 1. The predicted molar refractivity (Wildman–Crippen MR) is 54.9 cm³/mol. The minimum Gasteiger partial charge on any atom is -0.353 e. The molecular formula is C11H18F3NO. The van der Waals surface area contributed by atoms with E-state index < -0.39 is 17.5 Å². The van der Waals surface area contributed by atoms with Crippen LogP contribution in [-0.2, 0) is 4.79 Å². The molecule has 1 rings (SSSR count). The van der Waals surface area contributed by atoms with Gasteiger partial charge in [0.2, 0.25) is 5.91 Å². The van der Waals surface area contributed by atoms with Crippen molar-refractivity contribution in [1.29, 1.82) is 0 Å². The number of halogens is 3. The van der Waals surface area contributed by atoms with Gasteiger partial charge in [-0.15, -0.1) is 0 Å². The van der Waals surface area contributed by atoms with Crippen LogP contribution in [0.1, 0.15) is 46.0 Å². The lowest BCUT2D eigenvalue weighted by molar-refractivity contribution is -0.211. The second kappa shape index (κ2) is 4.63. The van der Waals surface area contributed by atoms with Gasteiger partial charge in [-0.25, -0.2) is 0 Å². The molecule has 0 bridgehead atoms. The molecule has 0 heterocycles. The number of amides is 1. The van der Waals surface area contributed by atoms with Crippen molar-refractivity contribution in [3.05, 3.63) is 0 Å². The number of rotatable bonds is 2. The Morgan fingerprint density at radius 2 is 1.62 bits per heavy atom. The van der Waals surface area contributed by atoms with Gasteiger partial charge in [0.05, 0.1) is 0 Å². The Labute approximate surface area is 93.6 Å². The van der Waals surface area contributed by atoms with E-state index in [-0.39, 0.29) is 6.04 Å². The highest BCUT2D eigenvalue weighted by atomic mass is 19.4. The Kier molecular flexibility index (Phi) is 3.86. The Bertz CT molecular complexity index is 254. The monoisotopic (exact) mass is 237 g/mol. The molecule has 1 fully saturated rings. The molecule has 0 aliphatic heterocycles. The van der Waals surface area contributed by atoms with Crippen LogP contribution in [-0.4, -0.2) is 18.1 Å². The lowest BCUT2D eigenvalue weighted by atomic mass is 9.89. The fourth-order valence-electron chi connectivity index (χ4n) is 1.74. The van der Waals surface area contributed by atoms with E-state index in [1.807, 2.05) is 0 Å². The first-order valence-corrected chi connectivity index (χ1v) is 5.63. The molecular weight excluding hydrogens is 219 g/mol. The quantitative estimate of drug-likeness (QED) is 0.785. The summed E-state index contributed by atoms with van der Waals surface area (Å²) in [5.41, 5.74) is -2.30. The highest BCUT2D eigenvalue weighted by molar-refractivity contribution is 5.82. The Morgan fingerprint density at radius 1 is 1.12 bits per heavy atom. The van der Waals surface area contributed by atoms with Crippen molar-refractivity contribution in [2.75, 3.05) is 0 Å². The van der Waals surface area contributed by atoms with Gasteiger partial charge in [-0.2, -0.15) is 13.2 Å². The predicted octanol–water partition coefficient (Wildman–Crippen LogP) is 3.02. The third-order valence-corrected chi connectivity index (χ3v) is 3.22. The molecule has 16 heavy (non-hydrogen) atoms. The van der Waals surface area contributed by atoms with Gasteiger partial charge >= 0.3 is 6.18 Å². The fourth-order valence-corrected chi connectivity index (χ4v) is 1.74. The van der Waals surface area contributed by atoms with Gasteiger partial charge in [-0.3, -0.25) is 4.79 Å². The normalized spacial score (nSPS) is 19.6. The zero-order valence-corrected chi connectivity index (χ0v) is 9.66. The molecule has 0 radical (unpaired) electrons. The number of nitrogens with one attached hydrogen (secondary N) is 1. The summed E-state index contributed by atoms with van der Waals surface area (Å²) < 4.78 is 37.7. The zero-order valence-electron chi connectivity index (χ0n) is 9.66. The fraction of sp³-hybridized carbons (Fsp3) is 0.909. The molecule has 2 nitrogen and oxygen atoms in total. The Balaban J connectivity index is 2.57. The molecule has 0 saturated heterocycles. The summed E-state index contributed by atoms with van der Waals surface area (Å²) in [6.07, 6.45) is 0.162. The molecule has 1 aliphatic rings. The van der Waals surface area contributed by atoms with Gasteiger partial charge in [0, 0.05) is 6.04 Å². The third kappa shape index (κ3) is 2.89. The summed E-state index contributed by atoms with van der Waals surface area (Å²) in [4.78, 5) is 11.5. The van der Waals surface area contributed by atoms with Gasteiger partial charge in [0.15, 0.2) is 0 Å². The van der Waals surface area contributed by atoms with Gasteiger partial charge in [-0.05, 0) is 26.7 Å². The first kappa shape index (κ1) is 13.3. The molecule has 1 saturated carbocycles. The second-order valence-electron chi connectivity index (χ2n) is 4.93. The van der Waals surface area contributed by atoms with Crippen molar-refractivity contribution in [3.63, 3.8) is 0 Å². The second-order valence-corrected chi connectivity index (χ2v) is 4.93. The highest BCUT2D eigenvalue weighted by Crippen LogP contribution is 2.37. The lowest BCUT2D eigenvalue weighted by Gasteiger charge is -2.30. The summed E-state index contributed by atoms with van der Waals surface area (Å²) in [6, 6.07) is -0.0807. The number of alkyl halides is 3. The van der Waals surface area contributed by atoms with Crippen molar-refractivity contribution in [3.8, 4) is 0 Å². The first-order valence-electron chi connectivity index (χ1n) is 5.63. The Morgan fingerprint density at radius 3 is 2.06 bits per heavy atom. The molecule has 94 valence electrons. The molecule has 1 amide bonds. The molecule has 0 aromatic heterocycles. The molecule has 0 aromatic rings. The van der Waals surface area contributed by atoms with E-state index in [1.165, 1.54) is 0 Å². The first-order chi connectivity index (χ1) is 7.25. The van der Waals surface area contributed by atoms with Crippen molar-refractivity contribution in [2.45, 2.75) is 58.2 Å². The van der Waals surface area contributed by atoms with Crippen molar-refractivity contribution < 1.29 is 18.0 Å². The van der Waals surface area contributed by atoms with E-state index in [4.69, 9.17) is 0 Å². The zero-order chi connectivity index (χ0) is 12.4. The molecule has 0 aromatic carbocycles. The third-order valence-electron chi connectivity index (χ3n) is 3.22. The van der Waals surface area contributed by atoms with E-state index in [0.29, 0.717) is 0 Å². The highest BCUT2D eigenvalue weighted by Gasteiger charge is 2.53. The molecule has 1 aliphatic carbocycles. The summed E-state index contributed by atoms with van der Waals surface area (Å²) in [6.45, 7) is 1.84. The van der Waals surface area contributed by atoms with Gasteiger partial charge in [-0.1, -0.05) is 19.3 Å². The van der Waals surface area contributed by atoms with Crippen LogP contribution in [0.5, 0.6) is 0 Å². The molecule has 0 unspecified atom stereocenters. The summed E-state index contributed by atoms with van der Waals surface area (Å²) in [5, 5.41) is 2.51. The van der Waals surface area contributed by atoms with Crippen molar-refractivity contribution in [2.24, 2.45) is 5.41 Å². The van der Waals surface area contributed by atoms with Crippen LogP contribution in [0.25, 0.3) is 0 Å². The van der Waals surface area contributed by atoms with Gasteiger partial charge in [0.25, 0.3) is 0 Å². The van der Waals surface area contributed by atoms with Crippen LogP contribution in [0.2, 0.25) is 0 Å². The van der Waals surface area contributed by atoms with Crippen LogP contribution in [0.4, 0.5) is 13.2 Å². The maximum atomic E-state index is 12.6. The molecule has 1 N–H and O–H groups in total. The molecule has 0 atom stereocenters. The number of hydrogen-bond acceptors (Lipinski definition) is 1. The van der Waals surface area contributed by atoms with E-state index in [1.54, 1.807) is 0 Å². The Hall–Kier alpha value is -0.740. The van der Waals surface area contributed by atoms with E-state index in [0.717, 1.165) is 46.0 Å². The maximum Gasteiger partial charge on any atom is 0.402 e. The van der Waals surface area contributed by atoms with Crippen LogP contribution in [0.3, 0.4) is 0 Å². The molecule has 5 heteroatoms. The average Bonchev–Trinajstić information content (AvgIpc) is 2.17. The lowest BCUT2D eigenvalue weighted by Crippen LogP contribution is -2.50. The van der Waals surface area contributed by atoms with Gasteiger partial charge < -0.3 is 5.32 Å². The smallest absolute Gasteiger partial charge is 0.353 e. The average molecular weight is 237 g/mol. The van der Waals surface area contributed by atoms with Crippen LogP contribution >= 0.6 is 0 Å². The summed E-state index contributed by atoms with van der Waals surface area (Å²) in [5.74, 6) is -0.910.